The smallest absolute Gasteiger partial charge is 0.341 e. The predicted octanol–water partition coefficient (Wildman–Crippen LogP) is 3.49. The number of benzene rings is 1. The van der Waals surface area contributed by atoms with Crippen LogP contribution in [0.3, 0.4) is 0 Å². The van der Waals surface area contributed by atoms with E-state index in [1.165, 1.54) is 10.9 Å². The van der Waals surface area contributed by atoms with E-state index in [1.807, 2.05) is 0 Å². The van der Waals surface area contributed by atoms with E-state index in [0.29, 0.717) is 29.2 Å². The molecule has 0 amide bonds. The number of hydrogen-bond acceptors (Lipinski definition) is 5. The molecule has 0 saturated heterocycles. The van der Waals surface area contributed by atoms with Gasteiger partial charge in [0, 0.05) is 6.20 Å². The van der Waals surface area contributed by atoms with E-state index >= 15 is 0 Å². The highest BCUT2D eigenvalue weighted by atomic mass is 16.5. The molecule has 2 aromatic rings. The van der Waals surface area contributed by atoms with Crippen LogP contribution in [0.5, 0.6) is 5.75 Å². The van der Waals surface area contributed by atoms with Gasteiger partial charge in [-0.2, -0.15) is 10.4 Å². The van der Waals surface area contributed by atoms with Crippen molar-refractivity contribution in [3.63, 3.8) is 0 Å². The second-order valence-electron chi connectivity index (χ2n) is 5.24. The molecule has 0 unspecified atom stereocenters. The van der Waals surface area contributed by atoms with Crippen LogP contribution in [0.2, 0.25) is 0 Å². The molecule has 24 heavy (non-hydrogen) atoms. The summed E-state index contributed by atoms with van der Waals surface area (Å²) >= 11 is 0. The highest BCUT2D eigenvalue weighted by Gasteiger charge is 2.13. The molecule has 126 valence electrons. The van der Waals surface area contributed by atoms with Crippen LogP contribution >= 0.6 is 0 Å². The maximum Gasteiger partial charge on any atom is 0.341 e. The number of carbonyl (C=O) groups excluding carboxylic acids is 1. The standard InChI is InChI=1S/C18H21N3O3/c1-4-16(5-2)24-17-8-7-15(9-13(17)10-19)21-12-14(11-20-21)18(22)23-6-3/h7-9,11-12,16H,4-6H2,1-3H3. The molecule has 0 fully saturated rings. The lowest BCUT2D eigenvalue weighted by molar-refractivity contribution is 0.0526. The summed E-state index contributed by atoms with van der Waals surface area (Å²) in [7, 11) is 0. The van der Waals surface area contributed by atoms with E-state index in [1.54, 1.807) is 31.3 Å². The first-order valence-electron chi connectivity index (χ1n) is 8.05. The van der Waals surface area contributed by atoms with Gasteiger partial charge in [0.1, 0.15) is 11.8 Å². The Morgan fingerprint density at radius 1 is 1.33 bits per heavy atom. The number of nitriles is 1. The summed E-state index contributed by atoms with van der Waals surface area (Å²) in [6.45, 7) is 6.16. The van der Waals surface area contributed by atoms with Crippen molar-refractivity contribution >= 4 is 5.97 Å². The normalized spacial score (nSPS) is 10.5. The number of hydrogen-bond donors (Lipinski definition) is 0. The third kappa shape index (κ3) is 3.93. The van der Waals surface area contributed by atoms with Crippen molar-refractivity contribution in [3.8, 4) is 17.5 Å². The molecule has 0 aliphatic rings. The van der Waals surface area contributed by atoms with Crippen molar-refractivity contribution in [1.29, 1.82) is 5.26 Å². The number of aromatic nitrogens is 2. The first kappa shape index (κ1) is 17.5. The second-order valence-corrected chi connectivity index (χ2v) is 5.24. The maximum absolute atomic E-state index is 11.7. The molecule has 1 aromatic heterocycles. The molecule has 1 heterocycles. The molecule has 0 aliphatic carbocycles. The fourth-order valence-corrected chi connectivity index (χ4v) is 2.27. The molecule has 0 atom stereocenters. The second kappa shape index (κ2) is 8.16. The minimum absolute atomic E-state index is 0.0862. The van der Waals surface area contributed by atoms with Crippen LogP contribution < -0.4 is 4.74 Å². The van der Waals surface area contributed by atoms with Crippen LogP contribution in [0.25, 0.3) is 5.69 Å². The number of esters is 1. The van der Waals surface area contributed by atoms with Crippen LogP contribution in [0, 0.1) is 11.3 Å². The Labute approximate surface area is 141 Å². The van der Waals surface area contributed by atoms with Gasteiger partial charge >= 0.3 is 5.97 Å². The van der Waals surface area contributed by atoms with Crippen LogP contribution in [-0.4, -0.2) is 28.5 Å². The summed E-state index contributed by atoms with van der Waals surface area (Å²) in [5.41, 5.74) is 1.49. The molecule has 2 rings (SSSR count). The molecule has 0 spiro atoms. The van der Waals surface area contributed by atoms with Crippen molar-refractivity contribution in [1.82, 2.24) is 9.78 Å². The summed E-state index contributed by atoms with van der Waals surface area (Å²) in [4.78, 5) is 11.7. The fraction of sp³-hybridized carbons (Fsp3) is 0.389. The summed E-state index contributed by atoms with van der Waals surface area (Å²) in [5, 5.41) is 13.5. The molecule has 1 aromatic carbocycles. The van der Waals surface area contributed by atoms with Gasteiger partial charge in [-0.05, 0) is 38.0 Å². The van der Waals surface area contributed by atoms with Crippen molar-refractivity contribution in [2.75, 3.05) is 6.61 Å². The lowest BCUT2D eigenvalue weighted by atomic mass is 10.1. The first-order valence-corrected chi connectivity index (χ1v) is 8.05. The van der Waals surface area contributed by atoms with Crippen molar-refractivity contribution < 1.29 is 14.3 Å². The molecular weight excluding hydrogens is 306 g/mol. The van der Waals surface area contributed by atoms with E-state index < -0.39 is 5.97 Å². The Kier molecular flexibility index (Phi) is 5.96. The highest BCUT2D eigenvalue weighted by molar-refractivity contribution is 5.88. The van der Waals surface area contributed by atoms with Gasteiger partial charge < -0.3 is 9.47 Å². The molecule has 0 radical (unpaired) electrons. The monoisotopic (exact) mass is 327 g/mol. The number of rotatable bonds is 7. The van der Waals surface area contributed by atoms with Gasteiger partial charge in [-0.3, -0.25) is 0 Å². The topological polar surface area (TPSA) is 77.1 Å². The van der Waals surface area contributed by atoms with E-state index in [-0.39, 0.29) is 6.10 Å². The van der Waals surface area contributed by atoms with E-state index in [2.05, 4.69) is 25.0 Å². The quantitative estimate of drug-likeness (QED) is 0.728. The lowest BCUT2D eigenvalue weighted by Gasteiger charge is -2.17. The van der Waals surface area contributed by atoms with Crippen molar-refractivity contribution in [2.45, 2.75) is 39.7 Å². The van der Waals surface area contributed by atoms with Crippen LogP contribution in [0.15, 0.2) is 30.6 Å². The molecule has 6 nitrogen and oxygen atoms in total. The Balaban J connectivity index is 2.26. The zero-order valence-corrected chi connectivity index (χ0v) is 14.2. The van der Waals surface area contributed by atoms with Gasteiger partial charge in [0.25, 0.3) is 0 Å². The molecule has 6 heteroatoms. The van der Waals surface area contributed by atoms with Crippen LogP contribution in [0.1, 0.15) is 49.5 Å². The minimum atomic E-state index is -0.419. The summed E-state index contributed by atoms with van der Waals surface area (Å²) in [5.74, 6) is 0.144. The summed E-state index contributed by atoms with van der Waals surface area (Å²) < 4.78 is 12.4. The number of ether oxygens (including phenoxy) is 2. The van der Waals surface area contributed by atoms with Gasteiger partial charge in [-0.25, -0.2) is 9.48 Å². The van der Waals surface area contributed by atoms with E-state index in [9.17, 15) is 10.1 Å². The van der Waals surface area contributed by atoms with E-state index in [0.717, 1.165) is 12.8 Å². The molecule has 0 bridgehead atoms. The van der Waals surface area contributed by atoms with Gasteiger partial charge in [0.05, 0.1) is 35.7 Å². The molecule has 0 N–H and O–H groups in total. The van der Waals surface area contributed by atoms with Crippen molar-refractivity contribution in [3.05, 3.63) is 41.7 Å². The highest BCUT2D eigenvalue weighted by Crippen LogP contribution is 2.24. The number of nitrogens with zero attached hydrogens (tertiary/aromatic N) is 3. The zero-order chi connectivity index (χ0) is 17.5. The Bertz CT molecular complexity index is 742. The largest absolute Gasteiger partial charge is 0.489 e. The lowest BCUT2D eigenvalue weighted by Crippen LogP contribution is -2.14. The Morgan fingerprint density at radius 2 is 2.08 bits per heavy atom. The maximum atomic E-state index is 11.7. The van der Waals surface area contributed by atoms with Gasteiger partial charge in [0.15, 0.2) is 0 Å². The average molecular weight is 327 g/mol. The van der Waals surface area contributed by atoms with Crippen LogP contribution in [-0.2, 0) is 4.74 Å². The molecular formula is C18H21N3O3. The summed E-state index contributed by atoms with van der Waals surface area (Å²) in [6, 6.07) is 7.41. The first-order chi connectivity index (χ1) is 11.6. The Morgan fingerprint density at radius 3 is 2.71 bits per heavy atom. The third-order valence-electron chi connectivity index (χ3n) is 3.65. The molecule has 0 aliphatic heterocycles. The third-order valence-corrected chi connectivity index (χ3v) is 3.65. The fourth-order valence-electron chi connectivity index (χ4n) is 2.27. The predicted molar refractivity (Wildman–Crippen MR) is 89.2 cm³/mol. The number of carbonyl (C=O) groups is 1. The molecule has 0 saturated carbocycles. The Hall–Kier alpha value is -2.81. The zero-order valence-electron chi connectivity index (χ0n) is 14.2. The van der Waals surface area contributed by atoms with Crippen molar-refractivity contribution in [2.24, 2.45) is 0 Å². The SMILES string of the molecule is CCOC(=O)c1cnn(-c2ccc(OC(CC)CC)c(C#N)c2)c1. The summed E-state index contributed by atoms with van der Waals surface area (Å²) in [6.07, 6.45) is 4.87. The van der Waals surface area contributed by atoms with Gasteiger partial charge in [0.2, 0.25) is 0 Å². The van der Waals surface area contributed by atoms with Crippen LogP contribution in [0.4, 0.5) is 0 Å². The van der Waals surface area contributed by atoms with Gasteiger partial charge in [-0.15, -0.1) is 0 Å². The minimum Gasteiger partial charge on any atom is -0.489 e. The van der Waals surface area contributed by atoms with E-state index in [4.69, 9.17) is 9.47 Å². The van der Waals surface area contributed by atoms with Gasteiger partial charge in [-0.1, -0.05) is 13.8 Å². The average Bonchev–Trinajstić information content (AvgIpc) is 3.10.